The van der Waals surface area contributed by atoms with E-state index >= 15 is 0 Å². The largest absolute Gasteiger partial charge is 0.468 e. The van der Waals surface area contributed by atoms with Crippen molar-refractivity contribution >= 4 is 21.9 Å². The summed E-state index contributed by atoms with van der Waals surface area (Å²) in [4.78, 5) is 10.4. The Labute approximate surface area is 83.8 Å². The Kier molecular flexibility index (Phi) is 3.27. The first kappa shape index (κ1) is 10.9. The number of carbonyl (C=O) groups excluding carboxylic acids is 1. The Morgan fingerprint density at radius 3 is 2.62 bits per heavy atom. The van der Waals surface area contributed by atoms with Crippen molar-refractivity contribution in [3.05, 3.63) is 0 Å². The van der Waals surface area contributed by atoms with Gasteiger partial charge in [-0.1, -0.05) is 15.9 Å². The van der Waals surface area contributed by atoms with Crippen LogP contribution in [-0.4, -0.2) is 23.8 Å². The van der Waals surface area contributed by atoms with Gasteiger partial charge in [0.1, 0.15) is 4.83 Å². The van der Waals surface area contributed by atoms with Gasteiger partial charge in [0.25, 0.3) is 0 Å². The number of esters is 1. The number of methoxy groups -OCH3 is 1. The molecule has 0 amide bonds. The molecule has 0 aliphatic heterocycles. The molecule has 1 rings (SSSR count). The zero-order chi connectivity index (χ0) is 10.1. The predicted octanol–water partition coefficient (Wildman–Crippen LogP) is 2.36. The van der Waals surface area contributed by atoms with Gasteiger partial charge in [-0.15, -0.1) is 0 Å². The molecule has 76 valence electrons. The molecular weight excluding hydrogens is 246 g/mol. The first-order chi connectivity index (χ1) is 5.94. The highest BCUT2D eigenvalue weighted by atomic mass is 79.9. The van der Waals surface area contributed by atoms with Crippen LogP contribution in [0.3, 0.4) is 0 Å². The fraction of sp³-hybridized carbons (Fsp3) is 0.875. The molecule has 1 aliphatic carbocycles. The molecule has 0 aromatic carbocycles. The van der Waals surface area contributed by atoms with E-state index in [1.807, 2.05) is 0 Å². The van der Waals surface area contributed by atoms with Gasteiger partial charge in [-0.2, -0.15) is 0 Å². The monoisotopic (exact) mass is 256 g/mol. The number of rotatable bonds is 3. The van der Waals surface area contributed by atoms with Crippen LogP contribution in [0.4, 0.5) is 8.78 Å². The summed E-state index contributed by atoms with van der Waals surface area (Å²) in [7, 11) is 1.28. The molecule has 0 spiro atoms. The minimum absolute atomic E-state index is 0.0570. The van der Waals surface area contributed by atoms with Crippen LogP contribution in [0, 0.1) is 5.92 Å². The van der Waals surface area contributed by atoms with Gasteiger partial charge < -0.3 is 4.74 Å². The predicted molar refractivity (Wildman–Crippen MR) is 47.0 cm³/mol. The third-order valence-electron chi connectivity index (χ3n) is 2.17. The van der Waals surface area contributed by atoms with Gasteiger partial charge in [0, 0.05) is 12.8 Å². The Balaban J connectivity index is 2.24. The van der Waals surface area contributed by atoms with E-state index in [-0.39, 0.29) is 18.8 Å². The van der Waals surface area contributed by atoms with E-state index in [2.05, 4.69) is 20.7 Å². The van der Waals surface area contributed by atoms with Crippen LogP contribution in [0.25, 0.3) is 0 Å². The smallest absolute Gasteiger partial charge is 0.319 e. The lowest BCUT2D eigenvalue weighted by molar-refractivity contribution is -0.142. The first-order valence-electron chi connectivity index (χ1n) is 4.04. The summed E-state index contributed by atoms with van der Waals surface area (Å²) in [5.41, 5.74) is 0. The van der Waals surface area contributed by atoms with Crippen LogP contribution in [0.5, 0.6) is 0 Å². The second kappa shape index (κ2) is 3.90. The summed E-state index contributed by atoms with van der Waals surface area (Å²) in [5.74, 6) is -2.96. The van der Waals surface area contributed by atoms with E-state index in [1.54, 1.807) is 0 Å². The standard InChI is InChI=1S/C8H11BrF2O2/c1-13-7(12)6(9)2-5-3-8(10,11)4-5/h5-6H,2-4H2,1H3. The second-order valence-corrected chi connectivity index (χ2v) is 4.46. The Morgan fingerprint density at radius 1 is 1.69 bits per heavy atom. The van der Waals surface area contributed by atoms with Gasteiger partial charge in [-0.05, 0) is 12.3 Å². The zero-order valence-electron chi connectivity index (χ0n) is 7.23. The van der Waals surface area contributed by atoms with Gasteiger partial charge in [-0.3, -0.25) is 4.79 Å². The van der Waals surface area contributed by atoms with Crippen LogP contribution in [0.2, 0.25) is 0 Å². The number of ether oxygens (including phenoxy) is 1. The SMILES string of the molecule is COC(=O)C(Br)CC1CC(F)(F)C1. The molecular formula is C8H11BrF2O2. The van der Waals surface area contributed by atoms with Gasteiger partial charge in [-0.25, -0.2) is 8.78 Å². The van der Waals surface area contributed by atoms with Crippen molar-refractivity contribution in [3.8, 4) is 0 Å². The summed E-state index contributed by atoms with van der Waals surface area (Å²) >= 11 is 3.10. The van der Waals surface area contributed by atoms with Gasteiger partial charge in [0.2, 0.25) is 5.92 Å². The fourth-order valence-corrected chi connectivity index (χ4v) is 2.18. The van der Waals surface area contributed by atoms with Crippen molar-refractivity contribution in [2.45, 2.75) is 30.0 Å². The third kappa shape index (κ3) is 2.90. The van der Waals surface area contributed by atoms with Gasteiger partial charge in [0.05, 0.1) is 7.11 Å². The highest BCUT2D eigenvalue weighted by molar-refractivity contribution is 9.10. The van der Waals surface area contributed by atoms with Crippen LogP contribution in [0.1, 0.15) is 19.3 Å². The first-order valence-corrected chi connectivity index (χ1v) is 4.96. The van der Waals surface area contributed by atoms with Crippen molar-refractivity contribution in [1.82, 2.24) is 0 Å². The van der Waals surface area contributed by atoms with Crippen LogP contribution in [-0.2, 0) is 9.53 Å². The summed E-state index contributed by atoms with van der Waals surface area (Å²) in [6, 6.07) is 0. The van der Waals surface area contributed by atoms with Crippen LogP contribution < -0.4 is 0 Å². The van der Waals surface area contributed by atoms with Crippen molar-refractivity contribution in [3.63, 3.8) is 0 Å². The summed E-state index contributed by atoms with van der Waals surface area (Å²) in [5, 5.41) is 0. The molecule has 1 atom stereocenters. The Hall–Kier alpha value is -0.190. The van der Waals surface area contributed by atoms with Crippen molar-refractivity contribution in [2.24, 2.45) is 5.92 Å². The summed E-state index contributed by atoms with van der Waals surface area (Å²) in [6.45, 7) is 0. The highest BCUT2D eigenvalue weighted by Gasteiger charge is 2.46. The lowest BCUT2D eigenvalue weighted by atomic mass is 9.78. The average molecular weight is 257 g/mol. The van der Waals surface area contributed by atoms with Crippen LogP contribution >= 0.6 is 15.9 Å². The number of halogens is 3. The van der Waals surface area contributed by atoms with Gasteiger partial charge >= 0.3 is 5.97 Å². The molecule has 0 saturated heterocycles. The number of carbonyl (C=O) groups is 1. The molecule has 2 nitrogen and oxygen atoms in total. The fourth-order valence-electron chi connectivity index (χ4n) is 1.47. The Bertz CT molecular complexity index is 200. The number of hydrogen-bond donors (Lipinski definition) is 0. The maximum atomic E-state index is 12.4. The Morgan fingerprint density at radius 2 is 2.23 bits per heavy atom. The molecule has 1 fully saturated rings. The van der Waals surface area contributed by atoms with Crippen LogP contribution in [0.15, 0.2) is 0 Å². The summed E-state index contributed by atoms with van der Waals surface area (Å²) in [6.07, 6.45) is 0.223. The van der Waals surface area contributed by atoms with E-state index in [4.69, 9.17) is 0 Å². The third-order valence-corrected chi connectivity index (χ3v) is 2.92. The van der Waals surface area contributed by atoms with Crippen molar-refractivity contribution in [2.75, 3.05) is 7.11 Å². The molecule has 5 heteroatoms. The van der Waals surface area contributed by atoms with Gasteiger partial charge in [0.15, 0.2) is 0 Å². The molecule has 1 aliphatic rings. The molecule has 0 radical (unpaired) electrons. The minimum Gasteiger partial charge on any atom is -0.468 e. The summed E-state index contributed by atoms with van der Waals surface area (Å²) < 4.78 is 29.2. The quantitative estimate of drug-likeness (QED) is 0.573. The molecule has 0 aromatic rings. The molecule has 0 bridgehead atoms. The maximum Gasteiger partial charge on any atom is 0.319 e. The highest BCUT2D eigenvalue weighted by Crippen LogP contribution is 2.45. The normalized spacial score (nSPS) is 23.4. The molecule has 1 unspecified atom stereocenters. The minimum atomic E-state index is -2.51. The number of alkyl halides is 3. The van der Waals surface area contributed by atoms with E-state index < -0.39 is 16.7 Å². The average Bonchev–Trinajstić information content (AvgIpc) is 1.99. The molecule has 1 saturated carbocycles. The second-order valence-electron chi connectivity index (χ2n) is 3.36. The van der Waals surface area contributed by atoms with E-state index in [1.165, 1.54) is 7.11 Å². The lowest BCUT2D eigenvalue weighted by Gasteiger charge is -2.35. The lowest BCUT2D eigenvalue weighted by Crippen LogP contribution is -2.37. The topological polar surface area (TPSA) is 26.3 Å². The zero-order valence-corrected chi connectivity index (χ0v) is 8.81. The molecule has 0 aromatic heterocycles. The van der Waals surface area contributed by atoms with E-state index in [0.717, 1.165) is 0 Å². The van der Waals surface area contributed by atoms with Crippen molar-refractivity contribution < 1.29 is 18.3 Å². The van der Waals surface area contributed by atoms with Crippen molar-refractivity contribution in [1.29, 1.82) is 0 Å². The van der Waals surface area contributed by atoms with E-state index in [9.17, 15) is 13.6 Å². The van der Waals surface area contributed by atoms with E-state index in [0.29, 0.717) is 6.42 Å². The maximum absolute atomic E-state index is 12.4. The number of hydrogen-bond acceptors (Lipinski definition) is 2. The molecule has 0 heterocycles. The molecule has 13 heavy (non-hydrogen) atoms. The molecule has 0 N–H and O–H groups in total.